The van der Waals surface area contributed by atoms with E-state index in [0.717, 1.165) is 40.3 Å². The van der Waals surface area contributed by atoms with Crippen LogP contribution in [0.5, 0.6) is 23.0 Å². The van der Waals surface area contributed by atoms with Crippen molar-refractivity contribution in [1.82, 2.24) is 5.01 Å². The van der Waals surface area contributed by atoms with Crippen LogP contribution in [-0.4, -0.2) is 31.5 Å². The Labute approximate surface area is 188 Å². The van der Waals surface area contributed by atoms with E-state index in [-0.39, 0.29) is 6.04 Å². The molecule has 0 radical (unpaired) electrons. The number of hydrogen-bond donors (Lipinski definition) is 0. The number of hydrazone groups is 1. The predicted molar refractivity (Wildman–Crippen MR) is 123 cm³/mol. The molecule has 0 N–H and O–H groups in total. The Balaban J connectivity index is 1.57. The summed E-state index contributed by atoms with van der Waals surface area (Å²) in [5.74, 6) is 3.05. The van der Waals surface area contributed by atoms with Gasteiger partial charge in [-0.25, -0.2) is 5.01 Å². The van der Waals surface area contributed by atoms with E-state index in [0.29, 0.717) is 18.1 Å². The van der Waals surface area contributed by atoms with E-state index in [1.807, 2.05) is 60.5 Å². The Kier molecular flexibility index (Phi) is 5.35. The van der Waals surface area contributed by atoms with Crippen LogP contribution in [0.3, 0.4) is 0 Å². The molecule has 0 unspecified atom stereocenters. The van der Waals surface area contributed by atoms with Gasteiger partial charge < -0.3 is 18.9 Å². The lowest BCUT2D eigenvalue weighted by Gasteiger charge is -2.38. The maximum atomic E-state index is 6.47. The summed E-state index contributed by atoms with van der Waals surface area (Å²) in [5, 5.41) is 7.08. The lowest BCUT2D eigenvalue weighted by molar-refractivity contribution is -0.0205. The molecule has 0 saturated heterocycles. The molecule has 2 aliphatic rings. The van der Waals surface area contributed by atoms with Crippen LogP contribution in [0.1, 0.15) is 42.3 Å². The molecule has 0 aromatic heterocycles. The normalized spacial score (nSPS) is 18.8. The molecule has 164 valence electrons. The van der Waals surface area contributed by atoms with Gasteiger partial charge in [0, 0.05) is 12.0 Å². The van der Waals surface area contributed by atoms with Crippen molar-refractivity contribution >= 4 is 5.71 Å². The highest BCUT2D eigenvalue weighted by atomic mass is 16.5. The quantitative estimate of drug-likeness (QED) is 0.528. The molecule has 0 aliphatic carbocycles. The summed E-state index contributed by atoms with van der Waals surface area (Å²) in [6.07, 6.45) is 0.358. The summed E-state index contributed by atoms with van der Waals surface area (Å²) in [7, 11) is 3.29. The minimum Gasteiger partial charge on any atom is -0.494 e. The number of hydrogen-bond acceptors (Lipinski definition) is 6. The number of ether oxygens (including phenoxy) is 4. The third-order valence-electron chi connectivity index (χ3n) is 5.90. The molecule has 3 aromatic rings. The standard InChI is InChI=1S/C26H26N2O4/c1-4-31-18-14-12-17(13-15-18)21-16-22-19-8-5-6-10-23(19)32-26(28(22)27-21)20-9-7-11-24(29-2)25(20)30-3/h5-15,22,26H,4,16H2,1-3H3/t22-,26-/m0/s1. The van der Waals surface area contributed by atoms with E-state index in [4.69, 9.17) is 24.0 Å². The lowest BCUT2D eigenvalue weighted by atomic mass is 9.95. The third-order valence-corrected chi connectivity index (χ3v) is 5.90. The van der Waals surface area contributed by atoms with E-state index in [9.17, 15) is 0 Å². The number of benzene rings is 3. The maximum absolute atomic E-state index is 6.47. The Morgan fingerprint density at radius 2 is 1.72 bits per heavy atom. The SMILES string of the molecule is CCOc1ccc(C2=NN3[C@@H](C2)c2ccccc2O[C@H]3c2cccc(OC)c2OC)cc1. The van der Waals surface area contributed by atoms with E-state index in [1.165, 1.54) is 0 Å². The van der Waals surface area contributed by atoms with Crippen molar-refractivity contribution < 1.29 is 18.9 Å². The summed E-state index contributed by atoms with van der Waals surface area (Å²) in [5.41, 5.74) is 4.11. The molecular formula is C26H26N2O4. The van der Waals surface area contributed by atoms with Gasteiger partial charge >= 0.3 is 0 Å². The fourth-order valence-electron chi connectivity index (χ4n) is 4.43. The molecule has 6 heteroatoms. The van der Waals surface area contributed by atoms with Crippen LogP contribution < -0.4 is 18.9 Å². The first-order chi connectivity index (χ1) is 15.7. The van der Waals surface area contributed by atoms with Crippen molar-refractivity contribution in [2.75, 3.05) is 20.8 Å². The summed E-state index contributed by atoms with van der Waals surface area (Å²) < 4.78 is 23.3. The van der Waals surface area contributed by atoms with E-state index in [1.54, 1.807) is 14.2 Å². The first kappa shape index (κ1) is 20.2. The van der Waals surface area contributed by atoms with Gasteiger partial charge in [0.05, 0.1) is 38.1 Å². The molecule has 3 aromatic carbocycles. The summed E-state index contributed by atoms with van der Waals surface area (Å²) in [4.78, 5) is 0. The molecule has 0 fully saturated rings. The van der Waals surface area contributed by atoms with Crippen molar-refractivity contribution in [3.63, 3.8) is 0 Å². The molecular weight excluding hydrogens is 404 g/mol. The van der Waals surface area contributed by atoms with Crippen LogP contribution in [0.25, 0.3) is 0 Å². The minimum absolute atomic E-state index is 0.0717. The highest BCUT2D eigenvalue weighted by Crippen LogP contribution is 2.49. The van der Waals surface area contributed by atoms with Gasteiger partial charge in [-0.2, -0.15) is 5.10 Å². The molecule has 0 saturated carbocycles. The van der Waals surface area contributed by atoms with Crippen molar-refractivity contribution in [1.29, 1.82) is 0 Å². The monoisotopic (exact) mass is 430 g/mol. The van der Waals surface area contributed by atoms with Crippen LogP contribution in [0.15, 0.2) is 71.8 Å². The van der Waals surface area contributed by atoms with Gasteiger partial charge in [0.2, 0.25) is 6.23 Å². The Hall–Kier alpha value is -3.67. The topological polar surface area (TPSA) is 52.5 Å². The predicted octanol–water partition coefficient (Wildman–Crippen LogP) is 5.34. The van der Waals surface area contributed by atoms with Gasteiger partial charge in [-0.05, 0) is 55.0 Å². The largest absolute Gasteiger partial charge is 0.494 e. The zero-order chi connectivity index (χ0) is 22.1. The Bertz CT molecular complexity index is 1140. The average Bonchev–Trinajstić information content (AvgIpc) is 3.29. The second kappa shape index (κ2) is 8.46. The molecule has 2 heterocycles. The molecule has 2 aliphatic heterocycles. The average molecular weight is 431 g/mol. The third kappa shape index (κ3) is 3.42. The van der Waals surface area contributed by atoms with Crippen molar-refractivity contribution in [3.05, 3.63) is 83.4 Å². The highest BCUT2D eigenvalue weighted by molar-refractivity contribution is 6.02. The number of methoxy groups -OCH3 is 2. The zero-order valence-corrected chi connectivity index (χ0v) is 18.4. The smallest absolute Gasteiger partial charge is 0.217 e. The Morgan fingerprint density at radius 1 is 0.938 bits per heavy atom. The summed E-state index contributed by atoms with van der Waals surface area (Å²) >= 11 is 0. The number of fused-ring (bicyclic) bond motifs is 3. The van der Waals surface area contributed by atoms with E-state index >= 15 is 0 Å². The van der Waals surface area contributed by atoms with Gasteiger partial charge in [-0.1, -0.05) is 24.3 Å². The van der Waals surface area contributed by atoms with Gasteiger partial charge in [-0.3, -0.25) is 0 Å². The first-order valence-corrected chi connectivity index (χ1v) is 10.8. The van der Waals surface area contributed by atoms with Gasteiger partial charge in [0.1, 0.15) is 11.5 Å². The summed E-state index contributed by atoms with van der Waals surface area (Å²) in [6, 6.07) is 22.2. The summed E-state index contributed by atoms with van der Waals surface area (Å²) in [6.45, 7) is 2.63. The van der Waals surface area contributed by atoms with E-state index < -0.39 is 6.23 Å². The molecule has 0 amide bonds. The van der Waals surface area contributed by atoms with Crippen LogP contribution in [-0.2, 0) is 0 Å². The fourth-order valence-corrected chi connectivity index (χ4v) is 4.43. The fraction of sp³-hybridized carbons (Fsp3) is 0.269. The van der Waals surface area contributed by atoms with Crippen molar-refractivity contribution in [2.24, 2.45) is 5.10 Å². The molecule has 0 spiro atoms. The number of para-hydroxylation sites is 2. The van der Waals surface area contributed by atoms with Gasteiger partial charge in [0.25, 0.3) is 0 Å². The first-order valence-electron chi connectivity index (χ1n) is 10.8. The van der Waals surface area contributed by atoms with Crippen LogP contribution >= 0.6 is 0 Å². The minimum atomic E-state index is -0.430. The van der Waals surface area contributed by atoms with Gasteiger partial charge in [0.15, 0.2) is 11.5 Å². The van der Waals surface area contributed by atoms with Gasteiger partial charge in [-0.15, -0.1) is 0 Å². The van der Waals surface area contributed by atoms with E-state index in [2.05, 4.69) is 18.2 Å². The van der Waals surface area contributed by atoms with Crippen molar-refractivity contribution in [3.8, 4) is 23.0 Å². The number of nitrogens with zero attached hydrogens (tertiary/aromatic N) is 2. The van der Waals surface area contributed by atoms with Crippen LogP contribution in [0.4, 0.5) is 0 Å². The van der Waals surface area contributed by atoms with Crippen LogP contribution in [0, 0.1) is 0 Å². The highest BCUT2D eigenvalue weighted by Gasteiger charge is 2.42. The van der Waals surface area contributed by atoms with Crippen molar-refractivity contribution in [2.45, 2.75) is 25.6 Å². The maximum Gasteiger partial charge on any atom is 0.217 e. The Morgan fingerprint density at radius 3 is 2.47 bits per heavy atom. The molecule has 0 bridgehead atoms. The second-order valence-corrected chi connectivity index (χ2v) is 7.69. The zero-order valence-electron chi connectivity index (χ0n) is 18.4. The molecule has 6 nitrogen and oxygen atoms in total. The van der Waals surface area contributed by atoms with Crippen LogP contribution in [0.2, 0.25) is 0 Å². The number of rotatable bonds is 6. The molecule has 2 atom stereocenters. The molecule has 32 heavy (non-hydrogen) atoms. The molecule has 5 rings (SSSR count). The lowest BCUT2D eigenvalue weighted by Crippen LogP contribution is -2.34. The second-order valence-electron chi connectivity index (χ2n) is 7.69.